The molecule has 1 saturated heterocycles. The first kappa shape index (κ1) is 16.7. The summed E-state index contributed by atoms with van der Waals surface area (Å²) in [5.74, 6) is 0.978. The zero-order chi connectivity index (χ0) is 15.9. The summed E-state index contributed by atoms with van der Waals surface area (Å²) >= 11 is 1.76. The smallest absolute Gasteiger partial charge is 0.409 e. The van der Waals surface area contributed by atoms with Gasteiger partial charge in [-0.3, -0.25) is 4.79 Å². The highest BCUT2D eigenvalue weighted by Gasteiger charge is 2.25. The fourth-order valence-corrected chi connectivity index (χ4v) is 2.93. The van der Waals surface area contributed by atoms with Gasteiger partial charge in [0.05, 0.1) is 6.61 Å². The molecule has 0 spiro atoms. The number of carbonyl (C=O) groups excluding carboxylic acids is 2. The zero-order valence-electron chi connectivity index (χ0n) is 13.1. The Morgan fingerprint density at radius 1 is 1.09 bits per heavy atom. The second kappa shape index (κ2) is 8.08. The SMILES string of the molecule is CCOC(=O)N1CCN(C(=O)c2ccc(CSC)cc2)CC1. The van der Waals surface area contributed by atoms with Gasteiger partial charge in [0.15, 0.2) is 0 Å². The third-order valence-corrected chi connectivity index (χ3v) is 4.23. The van der Waals surface area contributed by atoms with Crippen LogP contribution in [-0.4, -0.2) is 60.8 Å². The van der Waals surface area contributed by atoms with Crippen molar-refractivity contribution in [3.63, 3.8) is 0 Å². The van der Waals surface area contributed by atoms with Gasteiger partial charge >= 0.3 is 6.09 Å². The summed E-state index contributed by atoms with van der Waals surface area (Å²) < 4.78 is 4.98. The second-order valence-corrected chi connectivity index (χ2v) is 5.97. The van der Waals surface area contributed by atoms with Crippen LogP contribution in [0.1, 0.15) is 22.8 Å². The van der Waals surface area contributed by atoms with Crippen molar-refractivity contribution >= 4 is 23.8 Å². The van der Waals surface area contributed by atoms with Gasteiger partial charge in [-0.15, -0.1) is 0 Å². The molecule has 0 bridgehead atoms. The van der Waals surface area contributed by atoms with Crippen LogP contribution in [0.15, 0.2) is 24.3 Å². The van der Waals surface area contributed by atoms with Gasteiger partial charge in [-0.25, -0.2) is 4.79 Å². The molecule has 1 aliphatic heterocycles. The Hall–Kier alpha value is -1.69. The first-order chi connectivity index (χ1) is 10.7. The molecule has 6 heteroatoms. The highest BCUT2D eigenvalue weighted by Crippen LogP contribution is 2.13. The van der Waals surface area contributed by atoms with Crippen molar-refractivity contribution in [3.05, 3.63) is 35.4 Å². The van der Waals surface area contributed by atoms with E-state index in [-0.39, 0.29) is 12.0 Å². The Morgan fingerprint density at radius 2 is 1.68 bits per heavy atom. The van der Waals surface area contributed by atoms with Crippen LogP contribution in [0.2, 0.25) is 0 Å². The van der Waals surface area contributed by atoms with E-state index in [1.54, 1.807) is 28.5 Å². The molecule has 0 saturated carbocycles. The number of carbonyl (C=O) groups is 2. The number of ether oxygens (including phenoxy) is 1. The Morgan fingerprint density at radius 3 is 2.23 bits per heavy atom. The van der Waals surface area contributed by atoms with E-state index >= 15 is 0 Å². The largest absolute Gasteiger partial charge is 0.450 e. The number of piperazine rings is 1. The summed E-state index contributed by atoms with van der Waals surface area (Å²) in [4.78, 5) is 27.5. The summed E-state index contributed by atoms with van der Waals surface area (Å²) in [5.41, 5.74) is 1.92. The Balaban J connectivity index is 1.90. The molecule has 1 aromatic rings. The van der Waals surface area contributed by atoms with Gasteiger partial charge in [-0.05, 0) is 30.9 Å². The number of nitrogens with zero attached hydrogens (tertiary/aromatic N) is 2. The Labute approximate surface area is 135 Å². The standard InChI is InChI=1S/C16H22N2O3S/c1-3-21-16(20)18-10-8-17(9-11-18)15(19)14-6-4-13(5-7-14)12-22-2/h4-7H,3,8-12H2,1-2H3. The topological polar surface area (TPSA) is 49.9 Å². The number of thioether (sulfide) groups is 1. The number of hydrogen-bond donors (Lipinski definition) is 0. The molecule has 120 valence electrons. The summed E-state index contributed by atoms with van der Waals surface area (Å²) in [6, 6.07) is 7.76. The van der Waals surface area contributed by atoms with Gasteiger partial charge in [0.2, 0.25) is 0 Å². The molecule has 0 aliphatic carbocycles. The van der Waals surface area contributed by atoms with Crippen LogP contribution < -0.4 is 0 Å². The van der Waals surface area contributed by atoms with Crippen LogP contribution in [-0.2, 0) is 10.5 Å². The molecule has 1 heterocycles. The molecular formula is C16H22N2O3S. The molecule has 22 heavy (non-hydrogen) atoms. The van der Waals surface area contributed by atoms with Crippen LogP contribution in [0.5, 0.6) is 0 Å². The molecular weight excluding hydrogens is 300 g/mol. The molecule has 5 nitrogen and oxygen atoms in total. The lowest BCUT2D eigenvalue weighted by Crippen LogP contribution is -2.50. The van der Waals surface area contributed by atoms with Crippen molar-refractivity contribution < 1.29 is 14.3 Å². The van der Waals surface area contributed by atoms with E-state index in [2.05, 4.69) is 6.26 Å². The maximum Gasteiger partial charge on any atom is 0.409 e. The Bertz CT molecular complexity index is 511. The van der Waals surface area contributed by atoms with E-state index in [0.29, 0.717) is 38.3 Å². The van der Waals surface area contributed by atoms with Crippen LogP contribution >= 0.6 is 11.8 Å². The molecule has 2 amide bonds. The molecule has 0 radical (unpaired) electrons. The van der Waals surface area contributed by atoms with E-state index in [1.807, 2.05) is 24.3 Å². The van der Waals surface area contributed by atoms with Crippen molar-refractivity contribution in [3.8, 4) is 0 Å². The number of amides is 2. The normalized spacial score (nSPS) is 14.8. The van der Waals surface area contributed by atoms with Crippen molar-refractivity contribution in [1.29, 1.82) is 0 Å². The van der Waals surface area contributed by atoms with Gasteiger partial charge in [0.1, 0.15) is 0 Å². The van der Waals surface area contributed by atoms with E-state index in [9.17, 15) is 9.59 Å². The zero-order valence-corrected chi connectivity index (χ0v) is 13.9. The van der Waals surface area contributed by atoms with Crippen LogP contribution in [0.4, 0.5) is 4.79 Å². The van der Waals surface area contributed by atoms with E-state index in [4.69, 9.17) is 4.74 Å². The molecule has 0 aromatic heterocycles. The summed E-state index contributed by atoms with van der Waals surface area (Å²) in [5, 5.41) is 0. The van der Waals surface area contributed by atoms with E-state index in [0.717, 1.165) is 5.75 Å². The highest BCUT2D eigenvalue weighted by atomic mass is 32.2. The van der Waals surface area contributed by atoms with Gasteiger partial charge in [0.25, 0.3) is 5.91 Å². The molecule has 0 atom stereocenters. The fourth-order valence-electron chi connectivity index (χ4n) is 2.40. The highest BCUT2D eigenvalue weighted by molar-refractivity contribution is 7.97. The minimum atomic E-state index is -0.295. The summed E-state index contributed by atoms with van der Waals surface area (Å²) in [6.45, 7) is 4.30. The summed E-state index contributed by atoms with van der Waals surface area (Å²) in [6.07, 6.45) is 1.76. The predicted molar refractivity (Wildman–Crippen MR) is 88.2 cm³/mol. The van der Waals surface area contributed by atoms with Crippen molar-refractivity contribution in [2.75, 3.05) is 39.0 Å². The maximum absolute atomic E-state index is 12.5. The quantitative estimate of drug-likeness (QED) is 0.854. The van der Waals surface area contributed by atoms with Crippen LogP contribution in [0.3, 0.4) is 0 Å². The van der Waals surface area contributed by atoms with Crippen molar-refractivity contribution in [1.82, 2.24) is 9.80 Å². The number of benzene rings is 1. The summed E-state index contributed by atoms with van der Waals surface area (Å²) in [7, 11) is 0. The van der Waals surface area contributed by atoms with E-state index in [1.165, 1.54) is 5.56 Å². The predicted octanol–water partition coefficient (Wildman–Crippen LogP) is 2.46. The van der Waals surface area contributed by atoms with Gasteiger partial charge in [-0.2, -0.15) is 11.8 Å². The Kier molecular flexibility index (Phi) is 6.12. The molecule has 2 rings (SSSR count). The lowest BCUT2D eigenvalue weighted by molar-refractivity contribution is 0.0570. The number of rotatable bonds is 4. The van der Waals surface area contributed by atoms with Gasteiger partial charge < -0.3 is 14.5 Å². The fraction of sp³-hybridized carbons (Fsp3) is 0.500. The average Bonchev–Trinajstić information content (AvgIpc) is 2.55. The lowest BCUT2D eigenvalue weighted by Gasteiger charge is -2.34. The second-order valence-electron chi connectivity index (χ2n) is 5.11. The molecule has 0 unspecified atom stereocenters. The van der Waals surface area contributed by atoms with Crippen molar-refractivity contribution in [2.45, 2.75) is 12.7 Å². The lowest BCUT2D eigenvalue weighted by atomic mass is 10.1. The first-order valence-corrected chi connectivity index (χ1v) is 8.84. The molecule has 1 aromatic carbocycles. The number of hydrogen-bond acceptors (Lipinski definition) is 4. The minimum Gasteiger partial charge on any atom is -0.450 e. The molecule has 1 aliphatic rings. The third-order valence-electron chi connectivity index (χ3n) is 3.60. The van der Waals surface area contributed by atoms with Gasteiger partial charge in [0, 0.05) is 37.5 Å². The minimum absolute atomic E-state index is 0.0270. The van der Waals surface area contributed by atoms with E-state index < -0.39 is 0 Å². The molecule has 0 N–H and O–H groups in total. The van der Waals surface area contributed by atoms with Crippen LogP contribution in [0, 0.1) is 0 Å². The maximum atomic E-state index is 12.5. The third kappa shape index (κ3) is 4.16. The van der Waals surface area contributed by atoms with Crippen LogP contribution in [0.25, 0.3) is 0 Å². The van der Waals surface area contributed by atoms with Gasteiger partial charge in [-0.1, -0.05) is 12.1 Å². The molecule has 1 fully saturated rings. The first-order valence-electron chi connectivity index (χ1n) is 7.44. The average molecular weight is 322 g/mol. The van der Waals surface area contributed by atoms with Crippen molar-refractivity contribution in [2.24, 2.45) is 0 Å². The monoisotopic (exact) mass is 322 g/mol.